The summed E-state index contributed by atoms with van der Waals surface area (Å²) in [5, 5.41) is 0. The molecule has 16 heavy (non-hydrogen) atoms. The number of carbonyl (C=O) groups is 1. The van der Waals surface area contributed by atoms with Crippen molar-refractivity contribution in [3.05, 3.63) is 11.6 Å². The van der Waals surface area contributed by atoms with Gasteiger partial charge in [-0.3, -0.25) is 4.79 Å². The third-order valence-electron chi connectivity index (χ3n) is 4.59. The summed E-state index contributed by atoms with van der Waals surface area (Å²) >= 11 is 0. The molecule has 3 heteroatoms. The summed E-state index contributed by atoms with van der Waals surface area (Å²) in [4.78, 5) is 12.2. The molecule has 2 fully saturated rings. The number of ketones is 1. The van der Waals surface area contributed by atoms with Gasteiger partial charge in [-0.1, -0.05) is 5.57 Å². The lowest BCUT2D eigenvalue weighted by Gasteiger charge is -2.50. The van der Waals surface area contributed by atoms with Crippen LogP contribution in [-0.4, -0.2) is 23.8 Å². The van der Waals surface area contributed by atoms with Crippen LogP contribution in [0.5, 0.6) is 0 Å². The maximum absolute atomic E-state index is 12.2. The summed E-state index contributed by atoms with van der Waals surface area (Å²) in [7, 11) is 0. The van der Waals surface area contributed by atoms with Crippen molar-refractivity contribution in [2.24, 2.45) is 5.41 Å². The van der Waals surface area contributed by atoms with E-state index in [4.69, 9.17) is 9.47 Å². The highest BCUT2D eigenvalue weighted by Gasteiger charge is 2.65. The van der Waals surface area contributed by atoms with E-state index < -0.39 is 11.4 Å². The summed E-state index contributed by atoms with van der Waals surface area (Å²) in [6.45, 7) is 6.57. The third-order valence-corrected chi connectivity index (χ3v) is 4.59. The van der Waals surface area contributed by atoms with E-state index in [-0.39, 0.29) is 11.2 Å². The monoisotopic (exact) mass is 222 g/mol. The Hall–Kier alpha value is -0.670. The Balaban J connectivity index is 2.11. The first kappa shape index (κ1) is 10.5. The quantitative estimate of drug-likeness (QED) is 0.630. The summed E-state index contributed by atoms with van der Waals surface area (Å²) in [5.41, 5.74) is 0.315. The van der Waals surface area contributed by atoms with Crippen molar-refractivity contribution in [1.82, 2.24) is 0 Å². The number of allylic oxidation sites excluding steroid dienone is 1. The predicted molar refractivity (Wildman–Crippen MR) is 58.9 cm³/mol. The Morgan fingerprint density at radius 1 is 1.31 bits per heavy atom. The molecule has 2 heterocycles. The largest absolute Gasteiger partial charge is 0.347 e. The minimum atomic E-state index is -0.461. The highest BCUT2D eigenvalue weighted by atomic mass is 16.8. The number of hydrogen-bond acceptors (Lipinski definition) is 3. The molecule has 0 saturated carbocycles. The Labute approximate surface area is 95.8 Å². The molecule has 3 rings (SSSR count). The molecule has 0 aromatic carbocycles. The lowest BCUT2D eigenvalue weighted by Crippen LogP contribution is -2.58. The Morgan fingerprint density at radius 2 is 2.06 bits per heavy atom. The fourth-order valence-electron chi connectivity index (χ4n) is 3.36. The number of rotatable bonds is 0. The van der Waals surface area contributed by atoms with Crippen molar-refractivity contribution in [3.63, 3.8) is 0 Å². The molecular formula is C13H18O3. The highest BCUT2D eigenvalue weighted by Crippen LogP contribution is 2.57. The molecule has 2 bridgehead atoms. The predicted octanol–water partition coefficient (Wildman–Crippen LogP) is 2.21. The Morgan fingerprint density at radius 3 is 2.81 bits per heavy atom. The van der Waals surface area contributed by atoms with Crippen LogP contribution < -0.4 is 0 Å². The summed E-state index contributed by atoms with van der Waals surface area (Å²) < 4.78 is 11.9. The van der Waals surface area contributed by atoms with Gasteiger partial charge in [0.15, 0.2) is 11.6 Å². The molecule has 3 nitrogen and oxygen atoms in total. The number of carbonyl (C=O) groups excluding carboxylic acids is 1. The second kappa shape index (κ2) is 2.77. The molecular weight excluding hydrogens is 204 g/mol. The molecule has 88 valence electrons. The Bertz CT molecular complexity index is 400. The van der Waals surface area contributed by atoms with Crippen molar-refractivity contribution in [3.8, 4) is 0 Å². The lowest BCUT2D eigenvalue weighted by molar-refractivity contribution is -0.234. The second-order valence-electron chi connectivity index (χ2n) is 5.88. The van der Waals surface area contributed by atoms with Crippen LogP contribution in [0.2, 0.25) is 0 Å². The fraction of sp³-hybridized carbons (Fsp3) is 0.769. The maximum Gasteiger partial charge on any atom is 0.166 e. The van der Waals surface area contributed by atoms with Crippen LogP contribution in [0.3, 0.4) is 0 Å². The minimum absolute atomic E-state index is 0.212. The average molecular weight is 222 g/mol. The van der Waals surface area contributed by atoms with Crippen molar-refractivity contribution in [2.45, 2.75) is 51.4 Å². The van der Waals surface area contributed by atoms with Crippen molar-refractivity contribution < 1.29 is 14.3 Å². The van der Waals surface area contributed by atoms with E-state index in [1.54, 1.807) is 6.08 Å². The molecule has 0 radical (unpaired) electrons. The molecule has 2 aliphatic heterocycles. The van der Waals surface area contributed by atoms with Crippen LogP contribution in [0.1, 0.15) is 40.0 Å². The summed E-state index contributed by atoms with van der Waals surface area (Å²) in [6.07, 6.45) is 4.29. The van der Waals surface area contributed by atoms with Gasteiger partial charge in [0.05, 0.1) is 12.0 Å². The number of ether oxygens (including phenoxy) is 2. The van der Waals surface area contributed by atoms with Gasteiger partial charge in [-0.25, -0.2) is 0 Å². The van der Waals surface area contributed by atoms with Gasteiger partial charge in [0.2, 0.25) is 0 Å². The van der Waals surface area contributed by atoms with E-state index in [9.17, 15) is 4.79 Å². The SMILES string of the molecule is CC1=CC(=O)C2(C)CCC3(C)OCC2(C1)O3. The van der Waals surface area contributed by atoms with E-state index in [1.807, 2.05) is 20.8 Å². The molecule has 3 atom stereocenters. The normalized spacial score (nSPS) is 51.2. The molecule has 0 aromatic heterocycles. The van der Waals surface area contributed by atoms with Crippen LogP contribution in [0, 0.1) is 5.41 Å². The first-order valence-electron chi connectivity index (χ1n) is 5.95. The minimum Gasteiger partial charge on any atom is -0.347 e. The van der Waals surface area contributed by atoms with Crippen LogP contribution in [0.15, 0.2) is 11.6 Å². The van der Waals surface area contributed by atoms with Crippen LogP contribution in [0.25, 0.3) is 0 Å². The average Bonchev–Trinajstić information content (AvgIpc) is 2.47. The topological polar surface area (TPSA) is 35.5 Å². The zero-order valence-electron chi connectivity index (χ0n) is 10.1. The van der Waals surface area contributed by atoms with E-state index in [2.05, 4.69) is 0 Å². The Kier molecular flexibility index (Phi) is 1.81. The van der Waals surface area contributed by atoms with Crippen molar-refractivity contribution in [2.75, 3.05) is 6.61 Å². The van der Waals surface area contributed by atoms with Crippen molar-refractivity contribution >= 4 is 5.78 Å². The summed E-state index contributed by atoms with van der Waals surface area (Å²) in [5.74, 6) is -0.249. The molecule has 1 aliphatic carbocycles. The third kappa shape index (κ3) is 1.08. The molecule has 0 amide bonds. The molecule has 0 aromatic rings. The van der Waals surface area contributed by atoms with E-state index >= 15 is 0 Å². The number of fused-ring (bicyclic) bond motifs is 1. The van der Waals surface area contributed by atoms with Crippen LogP contribution in [-0.2, 0) is 14.3 Å². The van der Waals surface area contributed by atoms with E-state index in [0.29, 0.717) is 6.61 Å². The van der Waals surface area contributed by atoms with Crippen LogP contribution in [0.4, 0.5) is 0 Å². The van der Waals surface area contributed by atoms with E-state index in [0.717, 1.165) is 24.8 Å². The number of hydrogen-bond donors (Lipinski definition) is 0. The molecule has 1 spiro atoms. The van der Waals surface area contributed by atoms with Gasteiger partial charge >= 0.3 is 0 Å². The van der Waals surface area contributed by atoms with E-state index in [1.165, 1.54) is 0 Å². The van der Waals surface area contributed by atoms with Gasteiger partial charge < -0.3 is 9.47 Å². The first-order chi connectivity index (χ1) is 7.39. The van der Waals surface area contributed by atoms with Crippen molar-refractivity contribution in [1.29, 1.82) is 0 Å². The first-order valence-corrected chi connectivity index (χ1v) is 5.95. The smallest absolute Gasteiger partial charge is 0.166 e. The maximum atomic E-state index is 12.2. The summed E-state index contributed by atoms with van der Waals surface area (Å²) in [6, 6.07) is 0. The highest BCUT2D eigenvalue weighted by molar-refractivity contribution is 5.97. The molecule has 3 unspecified atom stereocenters. The van der Waals surface area contributed by atoms with Gasteiger partial charge in [0.25, 0.3) is 0 Å². The lowest BCUT2D eigenvalue weighted by atomic mass is 9.61. The molecule has 0 N–H and O–H groups in total. The van der Waals surface area contributed by atoms with Gasteiger partial charge in [0.1, 0.15) is 5.60 Å². The molecule has 3 aliphatic rings. The van der Waals surface area contributed by atoms with Gasteiger partial charge in [0, 0.05) is 12.8 Å². The zero-order valence-corrected chi connectivity index (χ0v) is 10.1. The fourth-order valence-corrected chi connectivity index (χ4v) is 3.36. The molecule has 2 saturated heterocycles. The van der Waals surface area contributed by atoms with Crippen LogP contribution >= 0.6 is 0 Å². The standard InChI is InChI=1S/C13H18O3/c1-9-6-10(14)11(2)4-5-12(3)15-8-13(11,7-9)16-12/h6H,4-5,7-8H2,1-3H3. The van der Waals surface area contributed by atoms with Gasteiger partial charge in [-0.2, -0.15) is 0 Å². The zero-order chi connectivity index (χ0) is 11.6. The second-order valence-corrected chi connectivity index (χ2v) is 5.88. The van der Waals surface area contributed by atoms with Gasteiger partial charge in [-0.05, 0) is 33.3 Å². The van der Waals surface area contributed by atoms with Gasteiger partial charge in [-0.15, -0.1) is 0 Å².